The first-order valence-electron chi connectivity index (χ1n) is 2.63. The third-order valence-electron chi connectivity index (χ3n) is 0.883. The van der Waals surface area contributed by atoms with Crippen molar-refractivity contribution in [1.82, 2.24) is 0 Å². The lowest BCUT2D eigenvalue weighted by atomic mass is 10.2. The van der Waals surface area contributed by atoms with Crippen LogP contribution in [0.15, 0.2) is 0 Å². The summed E-state index contributed by atoms with van der Waals surface area (Å²) in [4.78, 5) is 0. The molecule has 0 aromatic rings. The standard InChI is InChI=1S/C5H6F5/c6-3(5(9)10)1-2-4(7)8/h3,5H,1-2H2. The molecule has 5 heteroatoms. The summed E-state index contributed by atoms with van der Waals surface area (Å²) in [5.74, 6) is 0. The minimum absolute atomic E-state index is 0.806. The van der Waals surface area contributed by atoms with Gasteiger partial charge in [-0.1, -0.05) is 0 Å². The van der Waals surface area contributed by atoms with E-state index in [2.05, 4.69) is 0 Å². The predicted molar refractivity (Wildman–Crippen MR) is 25.6 cm³/mol. The summed E-state index contributed by atoms with van der Waals surface area (Å²) in [6.07, 6.45) is -9.28. The molecular weight excluding hydrogens is 155 g/mol. The largest absolute Gasteiger partial charge is 0.310 e. The Hall–Kier alpha value is -0.350. The van der Waals surface area contributed by atoms with Gasteiger partial charge in [-0.15, -0.1) is 0 Å². The third kappa shape index (κ3) is 4.52. The average molecular weight is 161 g/mol. The van der Waals surface area contributed by atoms with E-state index < -0.39 is 31.9 Å². The zero-order valence-corrected chi connectivity index (χ0v) is 4.96. The van der Waals surface area contributed by atoms with Gasteiger partial charge in [0.15, 0.2) is 6.17 Å². The van der Waals surface area contributed by atoms with E-state index in [1.807, 2.05) is 0 Å². The van der Waals surface area contributed by atoms with Crippen LogP contribution in [-0.4, -0.2) is 12.6 Å². The summed E-state index contributed by atoms with van der Waals surface area (Å²) in [5.41, 5.74) is 0. The Morgan fingerprint density at radius 2 is 1.60 bits per heavy atom. The highest BCUT2D eigenvalue weighted by molar-refractivity contribution is 4.66. The van der Waals surface area contributed by atoms with Crippen LogP contribution in [-0.2, 0) is 0 Å². The molecule has 0 fully saturated rings. The third-order valence-corrected chi connectivity index (χ3v) is 0.883. The number of hydrogen-bond acceptors (Lipinski definition) is 0. The Balaban J connectivity index is 3.30. The smallest absolute Gasteiger partial charge is 0.241 e. The fourth-order valence-corrected chi connectivity index (χ4v) is 0.373. The normalized spacial score (nSPS) is 14.7. The molecule has 0 nitrogen and oxygen atoms in total. The molecule has 0 aliphatic carbocycles. The molecule has 10 heavy (non-hydrogen) atoms. The minimum atomic E-state index is -3.15. The second-order valence-electron chi connectivity index (χ2n) is 1.73. The summed E-state index contributed by atoms with van der Waals surface area (Å²) in [6, 6.07) is 0. The van der Waals surface area contributed by atoms with Crippen LogP contribution in [0.5, 0.6) is 0 Å². The lowest BCUT2D eigenvalue weighted by molar-refractivity contribution is 0.0410. The van der Waals surface area contributed by atoms with E-state index in [1.54, 1.807) is 0 Å². The second kappa shape index (κ2) is 4.46. The Morgan fingerprint density at radius 1 is 1.10 bits per heavy atom. The van der Waals surface area contributed by atoms with Crippen LogP contribution in [0.1, 0.15) is 12.8 Å². The van der Waals surface area contributed by atoms with E-state index in [9.17, 15) is 22.0 Å². The van der Waals surface area contributed by atoms with Crippen LogP contribution in [0.4, 0.5) is 22.0 Å². The zero-order valence-electron chi connectivity index (χ0n) is 4.96. The van der Waals surface area contributed by atoms with Crippen molar-refractivity contribution in [2.24, 2.45) is 0 Å². The maximum Gasteiger partial charge on any atom is 0.310 e. The van der Waals surface area contributed by atoms with Gasteiger partial charge >= 0.3 is 6.43 Å². The highest BCUT2D eigenvalue weighted by Crippen LogP contribution is 2.18. The van der Waals surface area contributed by atoms with Crippen LogP contribution < -0.4 is 0 Å². The van der Waals surface area contributed by atoms with Gasteiger partial charge in [0.2, 0.25) is 0 Å². The van der Waals surface area contributed by atoms with E-state index >= 15 is 0 Å². The molecule has 0 aliphatic heterocycles. The van der Waals surface area contributed by atoms with Gasteiger partial charge in [0, 0.05) is 6.42 Å². The molecule has 1 unspecified atom stereocenters. The first-order chi connectivity index (χ1) is 4.54. The van der Waals surface area contributed by atoms with Gasteiger partial charge in [0.1, 0.15) is 0 Å². The quantitative estimate of drug-likeness (QED) is 0.556. The van der Waals surface area contributed by atoms with E-state index in [4.69, 9.17) is 0 Å². The number of halogens is 5. The van der Waals surface area contributed by atoms with Crippen molar-refractivity contribution in [1.29, 1.82) is 0 Å². The summed E-state index contributed by atoms with van der Waals surface area (Å²) in [7, 11) is 0. The highest BCUT2D eigenvalue weighted by Gasteiger charge is 2.20. The van der Waals surface area contributed by atoms with Crippen molar-refractivity contribution in [3.8, 4) is 0 Å². The SMILES string of the molecule is F[C](F)CCC(F)C(F)F. The van der Waals surface area contributed by atoms with Crippen molar-refractivity contribution in [3.05, 3.63) is 6.43 Å². The highest BCUT2D eigenvalue weighted by atomic mass is 19.3. The number of hydrogen-bond donors (Lipinski definition) is 0. The number of alkyl halides is 3. The van der Waals surface area contributed by atoms with E-state index in [-0.39, 0.29) is 0 Å². The van der Waals surface area contributed by atoms with Crippen molar-refractivity contribution in [2.75, 3.05) is 0 Å². The van der Waals surface area contributed by atoms with Gasteiger partial charge in [-0.25, -0.2) is 13.2 Å². The van der Waals surface area contributed by atoms with Crippen molar-refractivity contribution in [2.45, 2.75) is 25.4 Å². The summed E-state index contributed by atoms with van der Waals surface area (Å²) in [6.45, 7) is 0. The molecule has 0 spiro atoms. The monoisotopic (exact) mass is 161 g/mol. The first kappa shape index (κ1) is 9.65. The maximum absolute atomic E-state index is 11.8. The molecule has 0 saturated carbocycles. The molecule has 0 saturated heterocycles. The summed E-state index contributed by atoms with van der Waals surface area (Å²) >= 11 is 0. The molecule has 0 aromatic heterocycles. The molecule has 1 atom stereocenters. The fourth-order valence-electron chi connectivity index (χ4n) is 0.373. The van der Waals surface area contributed by atoms with Crippen LogP contribution in [0.25, 0.3) is 0 Å². The van der Waals surface area contributed by atoms with Gasteiger partial charge in [-0.05, 0) is 6.42 Å². The van der Waals surface area contributed by atoms with Gasteiger partial charge in [0.25, 0.3) is 6.43 Å². The molecule has 0 rings (SSSR count). The molecule has 1 radical (unpaired) electrons. The Bertz CT molecular complexity index is 82.1. The predicted octanol–water partition coefficient (Wildman–Crippen LogP) is 2.80. The minimum Gasteiger partial charge on any atom is -0.241 e. The molecule has 61 valence electrons. The fraction of sp³-hybridized carbons (Fsp3) is 0.800. The molecule has 0 amide bonds. The Morgan fingerprint density at radius 3 is 1.90 bits per heavy atom. The lowest BCUT2D eigenvalue weighted by Gasteiger charge is -2.03. The zero-order chi connectivity index (χ0) is 8.15. The maximum atomic E-state index is 11.8. The van der Waals surface area contributed by atoms with Crippen LogP contribution >= 0.6 is 0 Å². The lowest BCUT2D eigenvalue weighted by Crippen LogP contribution is -2.11. The van der Waals surface area contributed by atoms with E-state index in [1.165, 1.54) is 0 Å². The van der Waals surface area contributed by atoms with Crippen LogP contribution in [0.2, 0.25) is 0 Å². The molecule has 0 bridgehead atoms. The topological polar surface area (TPSA) is 0 Å². The number of rotatable bonds is 4. The molecule has 0 aromatic carbocycles. The van der Waals surface area contributed by atoms with Gasteiger partial charge < -0.3 is 0 Å². The second-order valence-corrected chi connectivity index (χ2v) is 1.73. The Kier molecular flexibility index (Phi) is 4.31. The first-order valence-corrected chi connectivity index (χ1v) is 2.63. The molecule has 0 N–H and O–H groups in total. The van der Waals surface area contributed by atoms with Crippen LogP contribution in [0.3, 0.4) is 0 Å². The van der Waals surface area contributed by atoms with Crippen molar-refractivity contribution >= 4 is 0 Å². The van der Waals surface area contributed by atoms with E-state index in [0.29, 0.717) is 0 Å². The molecule has 0 heterocycles. The van der Waals surface area contributed by atoms with Gasteiger partial charge in [-0.3, -0.25) is 0 Å². The average Bonchev–Trinajstić information content (AvgIpc) is 1.82. The molecular formula is C5H6F5. The van der Waals surface area contributed by atoms with E-state index in [0.717, 1.165) is 0 Å². The summed E-state index contributed by atoms with van der Waals surface area (Å²) < 4.78 is 56.6. The van der Waals surface area contributed by atoms with Crippen molar-refractivity contribution in [3.63, 3.8) is 0 Å². The van der Waals surface area contributed by atoms with Crippen molar-refractivity contribution < 1.29 is 22.0 Å². The Labute approximate surface area is 55.0 Å². The van der Waals surface area contributed by atoms with Gasteiger partial charge in [-0.2, -0.15) is 8.78 Å². The molecule has 0 aliphatic rings. The van der Waals surface area contributed by atoms with Gasteiger partial charge in [0.05, 0.1) is 0 Å². The summed E-state index contributed by atoms with van der Waals surface area (Å²) in [5, 5.41) is 0. The van der Waals surface area contributed by atoms with Crippen LogP contribution in [0, 0.1) is 6.43 Å².